The molecule has 138 valence electrons. The molecule has 0 atom stereocenters. The minimum absolute atomic E-state index is 0.0407. The number of fused-ring (bicyclic) bond motifs is 1. The van der Waals surface area contributed by atoms with Gasteiger partial charge in [0.15, 0.2) is 5.78 Å². The fraction of sp³-hybridized carbons (Fsp3) is 0.0909. The zero-order chi connectivity index (χ0) is 19.5. The standard InChI is InChI=1S/C22H18N4O2/c1-15(27)18-5-4-6-19(13-18)23-22(28)17-11-9-16(10-12-17)14-26-21-8-3-2-7-20(21)24-25-26/h2-13H,14H2,1H3,(H,23,28). The molecular formula is C22H18N4O2. The molecule has 0 aliphatic heterocycles. The maximum absolute atomic E-state index is 12.5. The third-order valence-electron chi connectivity index (χ3n) is 4.50. The summed E-state index contributed by atoms with van der Waals surface area (Å²) in [4.78, 5) is 24.0. The van der Waals surface area contributed by atoms with Crippen molar-refractivity contribution in [1.82, 2.24) is 15.0 Å². The van der Waals surface area contributed by atoms with Gasteiger partial charge >= 0.3 is 0 Å². The van der Waals surface area contributed by atoms with Crippen molar-refractivity contribution < 1.29 is 9.59 Å². The first kappa shape index (κ1) is 17.6. The SMILES string of the molecule is CC(=O)c1cccc(NC(=O)c2ccc(Cn3nnc4ccccc43)cc2)c1. The maximum Gasteiger partial charge on any atom is 0.255 e. The third kappa shape index (κ3) is 3.66. The highest BCUT2D eigenvalue weighted by atomic mass is 16.1. The van der Waals surface area contributed by atoms with Crippen molar-refractivity contribution in [2.45, 2.75) is 13.5 Å². The van der Waals surface area contributed by atoms with Gasteiger partial charge in [-0.3, -0.25) is 9.59 Å². The molecule has 1 heterocycles. The molecule has 0 unspecified atom stereocenters. The van der Waals surface area contributed by atoms with Crippen molar-refractivity contribution in [2.24, 2.45) is 0 Å². The Labute approximate surface area is 161 Å². The number of ketones is 1. The fourth-order valence-electron chi connectivity index (χ4n) is 2.99. The lowest BCUT2D eigenvalue weighted by Crippen LogP contribution is -2.12. The number of rotatable bonds is 5. The minimum atomic E-state index is -0.224. The third-order valence-corrected chi connectivity index (χ3v) is 4.50. The Bertz CT molecular complexity index is 1160. The topological polar surface area (TPSA) is 76.9 Å². The number of nitrogens with one attached hydrogen (secondary N) is 1. The van der Waals surface area contributed by atoms with Crippen molar-refractivity contribution >= 4 is 28.4 Å². The lowest BCUT2D eigenvalue weighted by atomic mass is 10.1. The Hall–Kier alpha value is -3.80. The van der Waals surface area contributed by atoms with Crippen molar-refractivity contribution in [3.8, 4) is 0 Å². The Morgan fingerprint density at radius 2 is 1.71 bits per heavy atom. The van der Waals surface area contributed by atoms with Crippen LogP contribution in [0, 0.1) is 0 Å². The van der Waals surface area contributed by atoms with Crippen LogP contribution in [0.4, 0.5) is 5.69 Å². The molecule has 0 saturated heterocycles. The van der Waals surface area contributed by atoms with E-state index in [2.05, 4.69) is 15.6 Å². The van der Waals surface area contributed by atoms with Crippen molar-refractivity contribution in [3.63, 3.8) is 0 Å². The number of aromatic nitrogens is 3. The lowest BCUT2D eigenvalue weighted by Gasteiger charge is -2.08. The smallest absolute Gasteiger partial charge is 0.255 e. The molecule has 6 heteroatoms. The monoisotopic (exact) mass is 370 g/mol. The van der Waals surface area contributed by atoms with Crippen molar-refractivity contribution in [3.05, 3.63) is 89.5 Å². The average Bonchev–Trinajstić information content (AvgIpc) is 3.12. The summed E-state index contributed by atoms with van der Waals surface area (Å²) in [5.74, 6) is -0.264. The molecule has 0 bridgehead atoms. The minimum Gasteiger partial charge on any atom is -0.322 e. The molecule has 4 aromatic rings. The normalized spacial score (nSPS) is 10.8. The largest absolute Gasteiger partial charge is 0.322 e. The van der Waals surface area contributed by atoms with Crippen LogP contribution >= 0.6 is 0 Å². The van der Waals surface area contributed by atoms with E-state index < -0.39 is 0 Å². The van der Waals surface area contributed by atoms with Crippen LogP contribution in [0.15, 0.2) is 72.8 Å². The molecule has 1 aromatic heterocycles. The first-order chi connectivity index (χ1) is 13.6. The van der Waals surface area contributed by atoms with Gasteiger partial charge < -0.3 is 5.32 Å². The van der Waals surface area contributed by atoms with Crippen LogP contribution in [0.2, 0.25) is 0 Å². The molecule has 28 heavy (non-hydrogen) atoms. The number of carbonyl (C=O) groups excluding carboxylic acids is 2. The Morgan fingerprint density at radius 1 is 0.929 bits per heavy atom. The number of hydrogen-bond donors (Lipinski definition) is 1. The molecule has 1 amide bonds. The van der Waals surface area contributed by atoms with Crippen LogP contribution in [0.5, 0.6) is 0 Å². The summed E-state index contributed by atoms with van der Waals surface area (Å²) in [5, 5.41) is 11.2. The number of para-hydroxylation sites is 1. The average molecular weight is 370 g/mol. The van der Waals surface area contributed by atoms with Gasteiger partial charge in [-0.05, 0) is 48.9 Å². The van der Waals surface area contributed by atoms with Gasteiger partial charge in [0, 0.05) is 16.8 Å². The Kier molecular flexibility index (Phi) is 4.68. The first-order valence-corrected chi connectivity index (χ1v) is 8.90. The molecule has 3 aromatic carbocycles. The molecule has 0 saturated carbocycles. The van der Waals surface area contributed by atoms with Crippen molar-refractivity contribution in [2.75, 3.05) is 5.32 Å². The quantitative estimate of drug-likeness (QED) is 0.540. The highest BCUT2D eigenvalue weighted by molar-refractivity contribution is 6.05. The second-order valence-electron chi connectivity index (χ2n) is 6.52. The summed E-state index contributed by atoms with van der Waals surface area (Å²) in [5.41, 5.74) is 4.54. The highest BCUT2D eigenvalue weighted by Gasteiger charge is 2.09. The van der Waals surface area contributed by atoms with Crippen molar-refractivity contribution in [1.29, 1.82) is 0 Å². The number of hydrogen-bond acceptors (Lipinski definition) is 4. The Morgan fingerprint density at radius 3 is 2.50 bits per heavy atom. The maximum atomic E-state index is 12.5. The van der Waals surface area contributed by atoms with E-state index in [0.717, 1.165) is 16.6 Å². The Balaban J connectivity index is 1.47. The van der Waals surface area contributed by atoms with Gasteiger partial charge in [-0.1, -0.05) is 41.6 Å². The number of benzene rings is 3. The van der Waals surface area contributed by atoms with E-state index in [9.17, 15) is 9.59 Å². The molecular weight excluding hydrogens is 352 g/mol. The van der Waals surface area contributed by atoms with E-state index >= 15 is 0 Å². The van der Waals surface area contributed by atoms with Gasteiger partial charge in [-0.2, -0.15) is 0 Å². The first-order valence-electron chi connectivity index (χ1n) is 8.90. The van der Waals surface area contributed by atoms with E-state index in [1.165, 1.54) is 6.92 Å². The molecule has 0 fully saturated rings. The summed E-state index contributed by atoms with van der Waals surface area (Å²) in [6.07, 6.45) is 0. The zero-order valence-corrected chi connectivity index (χ0v) is 15.3. The van der Waals surface area contributed by atoms with Gasteiger partial charge in [0.2, 0.25) is 0 Å². The zero-order valence-electron chi connectivity index (χ0n) is 15.3. The van der Waals surface area contributed by atoms with Crippen LogP contribution in [0.3, 0.4) is 0 Å². The predicted molar refractivity (Wildman–Crippen MR) is 107 cm³/mol. The van der Waals surface area contributed by atoms with Gasteiger partial charge in [0.25, 0.3) is 5.91 Å². The number of anilines is 1. The molecule has 0 radical (unpaired) electrons. The summed E-state index contributed by atoms with van der Waals surface area (Å²) < 4.78 is 1.83. The predicted octanol–water partition coefficient (Wildman–Crippen LogP) is 3.93. The lowest BCUT2D eigenvalue weighted by molar-refractivity contribution is 0.101. The van der Waals surface area contributed by atoms with Gasteiger partial charge in [0.1, 0.15) is 5.52 Å². The van der Waals surface area contributed by atoms with Crippen LogP contribution in [0.25, 0.3) is 11.0 Å². The molecule has 6 nitrogen and oxygen atoms in total. The summed E-state index contributed by atoms with van der Waals surface area (Å²) >= 11 is 0. The van der Waals surface area contributed by atoms with E-state index in [-0.39, 0.29) is 11.7 Å². The van der Waals surface area contributed by atoms with Gasteiger partial charge in [-0.15, -0.1) is 5.10 Å². The molecule has 0 aliphatic rings. The van der Waals surface area contributed by atoms with Crippen LogP contribution < -0.4 is 5.32 Å². The number of amides is 1. The second kappa shape index (κ2) is 7.44. The molecule has 4 rings (SSSR count). The summed E-state index contributed by atoms with van der Waals surface area (Å²) in [6, 6.07) is 22.0. The van der Waals surface area contributed by atoms with Crippen LogP contribution in [-0.2, 0) is 6.54 Å². The fourth-order valence-corrected chi connectivity index (χ4v) is 2.99. The van der Waals surface area contributed by atoms with E-state index in [0.29, 0.717) is 23.4 Å². The number of nitrogens with zero attached hydrogens (tertiary/aromatic N) is 3. The summed E-state index contributed by atoms with van der Waals surface area (Å²) in [7, 11) is 0. The number of carbonyl (C=O) groups is 2. The van der Waals surface area contributed by atoms with Crippen LogP contribution in [0.1, 0.15) is 33.2 Å². The molecule has 0 aliphatic carbocycles. The van der Waals surface area contributed by atoms with E-state index in [1.807, 2.05) is 41.1 Å². The van der Waals surface area contributed by atoms with Gasteiger partial charge in [0.05, 0.1) is 12.1 Å². The van der Waals surface area contributed by atoms with E-state index in [4.69, 9.17) is 0 Å². The summed E-state index contributed by atoms with van der Waals surface area (Å²) in [6.45, 7) is 2.07. The second-order valence-corrected chi connectivity index (χ2v) is 6.52. The van der Waals surface area contributed by atoms with E-state index in [1.54, 1.807) is 36.4 Å². The molecule has 0 spiro atoms. The highest BCUT2D eigenvalue weighted by Crippen LogP contribution is 2.15. The number of Topliss-reactive ketones (excluding diaryl/α,β-unsaturated/α-hetero) is 1. The van der Waals surface area contributed by atoms with Crippen LogP contribution in [-0.4, -0.2) is 26.7 Å². The molecule has 1 N–H and O–H groups in total. The van der Waals surface area contributed by atoms with Gasteiger partial charge in [-0.25, -0.2) is 4.68 Å².